The molecule has 0 saturated heterocycles. The van der Waals surface area contributed by atoms with Gasteiger partial charge in [-0.3, -0.25) is 9.36 Å². The third-order valence-electron chi connectivity index (χ3n) is 7.42. The first kappa shape index (κ1) is 33.9. The first-order valence-corrected chi connectivity index (χ1v) is 18.4. The zero-order valence-electron chi connectivity index (χ0n) is 26.4. The molecule has 0 bridgehead atoms. The monoisotopic (exact) mass is 650 g/mol. The lowest BCUT2D eigenvalue weighted by Crippen LogP contribution is -2.30. The van der Waals surface area contributed by atoms with Crippen LogP contribution >= 0.6 is 35.3 Å². The number of anilines is 2. The van der Waals surface area contributed by atoms with Gasteiger partial charge in [0.15, 0.2) is 0 Å². The molecule has 234 valence electrons. The highest BCUT2D eigenvalue weighted by Crippen LogP contribution is 2.36. The number of carbonyl (C=O) groups excluding carboxylic acids is 1. The lowest BCUT2D eigenvalue weighted by molar-refractivity contribution is 0.262. The molecule has 4 rings (SSSR count). The Bertz CT molecular complexity index is 1630. The van der Waals surface area contributed by atoms with Gasteiger partial charge in [-0.25, -0.2) is 14.8 Å². The SMILES string of the molecule is CCCCn1c(=O)c(NC(=O)Nc2c(SC)cc(C)nc2SC)c(-c2cccc(SCCN(CC)CC)c2)c2cccnc21. The van der Waals surface area contributed by atoms with E-state index in [0.717, 1.165) is 69.7 Å². The largest absolute Gasteiger partial charge is 0.323 e. The summed E-state index contributed by atoms with van der Waals surface area (Å²) in [5, 5.41) is 7.52. The molecule has 3 aromatic heterocycles. The van der Waals surface area contributed by atoms with Crippen LogP contribution in [0.2, 0.25) is 0 Å². The van der Waals surface area contributed by atoms with Gasteiger partial charge in [0.1, 0.15) is 16.4 Å². The number of thioether (sulfide) groups is 3. The molecule has 4 aromatic rings. The average molecular weight is 651 g/mol. The van der Waals surface area contributed by atoms with Crippen molar-refractivity contribution in [3.05, 3.63) is 64.7 Å². The number of unbranched alkanes of at least 4 members (excludes halogenated alkanes) is 1. The van der Waals surface area contributed by atoms with Gasteiger partial charge in [0, 0.05) is 51.5 Å². The van der Waals surface area contributed by atoms with Crippen LogP contribution in [-0.4, -0.2) is 63.4 Å². The summed E-state index contributed by atoms with van der Waals surface area (Å²) in [6.45, 7) is 11.9. The van der Waals surface area contributed by atoms with Crippen LogP contribution in [0.5, 0.6) is 0 Å². The van der Waals surface area contributed by atoms with Gasteiger partial charge in [-0.2, -0.15) is 0 Å². The Morgan fingerprint density at radius 1 is 1.00 bits per heavy atom. The quantitative estimate of drug-likeness (QED) is 0.132. The topological polar surface area (TPSA) is 92.2 Å². The van der Waals surface area contributed by atoms with Crippen LogP contribution in [0.4, 0.5) is 16.2 Å². The molecular formula is C33H42N6O2S3. The van der Waals surface area contributed by atoms with Crippen molar-refractivity contribution in [3.63, 3.8) is 0 Å². The summed E-state index contributed by atoms with van der Waals surface area (Å²) in [5.41, 5.74) is 3.62. The number of fused-ring (bicyclic) bond motifs is 1. The third-order valence-corrected chi connectivity index (χ3v) is 9.84. The standard InChI is InChI=1S/C33H42N6O2S3/c1-7-10-17-39-30-25(15-12-16-34-30)27(23-13-11-14-24(21-23)44-19-18-38(8-2)9-3)29(32(39)40)37-33(41)36-28-26(42-5)20-22(4)35-31(28)43-6/h11-16,20-21H,7-10,17-19H2,1-6H3,(H2,36,37,41). The van der Waals surface area contributed by atoms with Crippen molar-refractivity contribution in [1.29, 1.82) is 0 Å². The van der Waals surface area contributed by atoms with Gasteiger partial charge in [0.05, 0.1) is 5.69 Å². The van der Waals surface area contributed by atoms with Crippen molar-refractivity contribution in [2.75, 3.05) is 48.5 Å². The number of aromatic nitrogens is 3. The molecule has 0 radical (unpaired) electrons. The fourth-order valence-corrected chi connectivity index (χ4v) is 7.37. The highest BCUT2D eigenvalue weighted by atomic mass is 32.2. The Kier molecular flexibility index (Phi) is 12.6. The van der Waals surface area contributed by atoms with Crippen LogP contribution < -0.4 is 16.2 Å². The van der Waals surface area contributed by atoms with E-state index in [1.165, 1.54) is 11.8 Å². The van der Waals surface area contributed by atoms with E-state index >= 15 is 0 Å². The third kappa shape index (κ3) is 7.99. The maximum Gasteiger partial charge on any atom is 0.323 e. The fraction of sp³-hybridized carbons (Fsp3) is 0.394. The summed E-state index contributed by atoms with van der Waals surface area (Å²) < 4.78 is 1.69. The predicted molar refractivity (Wildman–Crippen MR) is 190 cm³/mol. The number of pyridine rings is 3. The van der Waals surface area contributed by atoms with E-state index in [4.69, 9.17) is 0 Å². The van der Waals surface area contributed by atoms with Crippen molar-refractivity contribution in [1.82, 2.24) is 19.4 Å². The summed E-state index contributed by atoms with van der Waals surface area (Å²) >= 11 is 4.80. The van der Waals surface area contributed by atoms with Crippen LogP contribution in [0.25, 0.3) is 22.2 Å². The molecule has 3 heterocycles. The Morgan fingerprint density at radius 3 is 2.48 bits per heavy atom. The van der Waals surface area contributed by atoms with Gasteiger partial charge < -0.3 is 15.5 Å². The van der Waals surface area contributed by atoms with E-state index in [2.05, 4.69) is 58.4 Å². The number of amides is 2. The molecule has 0 aliphatic rings. The number of hydrogen-bond acceptors (Lipinski definition) is 8. The van der Waals surface area contributed by atoms with Gasteiger partial charge >= 0.3 is 6.03 Å². The van der Waals surface area contributed by atoms with Crippen molar-refractivity contribution >= 4 is 63.7 Å². The first-order valence-electron chi connectivity index (χ1n) is 15.0. The van der Waals surface area contributed by atoms with Gasteiger partial charge in [-0.15, -0.1) is 35.3 Å². The second-order valence-electron chi connectivity index (χ2n) is 10.3. The van der Waals surface area contributed by atoms with E-state index < -0.39 is 6.03 Å². The van der Waals surface area contributed by atoms with E-state index in [9.17, 15) is 9.59 Å². The highest BCUT2D eigenvalue weighted by molar-refractivity contribution is 7.99. The van der Waals surface area contributed by atoms with Crippen LogP contribution in [0.1, 0.15) is 39.3 Å². The summed E-state index contributed by atoms with van der Waals surface area (Å²) in [5.74, 6) is 0.958. The van der Waals surface area contributed by atoms with Crippen LogP contribution in [0.15, 0.2) is 68.3 Å². The minimum Gasteiger partial charge on any atom is -0.304 e. The maximum atomic E-state index is 14.2. The van der Waals surface area contributed by atoms with Crippen LogP contribution in [0.3, 0.4) is 0 Å². The molecule has 0 aliphatic heterocycles. The smallest absolute Gasteiger partial charge is 0.304 e. The lowest BCUT2D eigenvalue weighted by atomic mass is 10.0. The first-order chi connectivity index (χ1) is 21.3. The Labute approximate surface area is 273 Å². The van der Waals surface area contributed by atoms with Gasteiger partial charge in [-0.1, -0.05) is 39.3 Å². The number of benzene rings is 1. The Balaban J connectivity index is 1.81. The van der Waals surface area contributed by atoms with Crippen molar-refractivity contribution in [3.8, 4) is 11.1 Å². The number of nitrogens with zero attached hydrogens (tertiary/aromatic N) is 4. The van der Waals surface area contributed by atoms with Crippen LogP contribution in [-0.2, 0) is 6.54 Å². The summed E-state index contributed by atoms with van der Waals surface area (Å²) in [7, 11) is 0. The molecule has 0 atom stereocenters. The normalized spacial score (nSPS) is 11.3. The molecule has 0 fully saturated rings. The number of aryl methyl sites for hydroxylation is 2. The minimum atomic E-state index is -0.491. The van der Waals surface area contributed by atoms with E-state index in [0.29, 0.717) is 23.4 Å². The molecular weight excluding hydrogens is 609 g/mol. The summed E-state index contributed by atoms with van der Waals surface area (Å²) in [6, 6.07) is 13.5. The summed E-state index contributed by atoms with van der Waals surface area (Å²) in [6.07, 6.45) is 7.36. The van der Waals surface area contributed by atoms with Gasteiger partial charge in [-0.05, 0) is 74.8 Å². The molecule has 0 saturated carbocycles. The fourth-order valence-electron chi connectivity index (χ4n) is 5.09. The molecule has 11 heteroatoms. The van der Waals surface area contributed by atoms with E-state index in [-0.39, 0.29) is 11.2 Å². The lowest BCUT2D eigenvalue weighted by Gasteiger charge is -2.20. The molecule has 2 N–H and O–H groups in total. The zero-order chi connectivity index (χ0) is 31.6. The molecule has 8 nitrogen and oxygen atoms in total. The van der Waals surface area contributed by atoms with Crippen molar-refractivity contribution in [2.24, 2.45) is 0 Å². The number of hydrogen-bond donors (Lipinski definition) is 2. The van der Waals surface area contributed by atoms with Gasteiger partial charge in [0.2, 0.25) is 0 Å². The van der Waals surface area contributed by atoms with Gasteiger partial charge in [0.25, 0.3) is 5.56 Å². The van der Waals surface area contributed by atoms with Crippen molar-refractivity contribution < 1.29 is 4.79 Å². The molecule has 0 spiro atoms. The van der Waals surface area contributed by atoms with Crippen molar-refractivity contribution in [2.45, 2.75) is 61.9 Å². The molecule has 0 unspecified atom stereocenters. The number of urea groups is 1. The average Bonchev–Trinajstić information content (AvgIpc) is 3.04. The maximum absolute atomic E-state index is 14.2. The minimum absolute atomic E-state index is 0.237. The second-order valence-corrected chi connectivity index (χ2v) is 13.1. The molecule has 2 amide bonds. The Morgan fingerprint density at radius 2 is 1.77 bits per heavy atom. The summed E-state index contributed by atoms with van der Waals surface area (Å²) in [4.78, 5) is 41.6. The number of nitrogens with one attached hydrogen (secondary N) is 2. The highest BCUT2D eigenvalue weighted by Gasteiger charge is 2.22. The number of rotatable bonds is 14. The van der Waals surface area contributed by atoms with E-state index in [1.54, 1.807) is 34.3 Å². The van der Waals surface area contributed by atoms with Crippen LogP contribution in [0, 0.1) is 6.92 Å². The zero-order valence-corrected chi connectivity index (χ0v) is 28.8. The van der Waals surface area contributed by atoms with E-state index in [1.807, 2.05) is 49.8 Å². The second kappa shape index (κ2) is 16.4. The molecule has 1 aromatic carbocycles. The molecule has 44 heavy (non-hydrogen) atoms. The number of carbonyl (C=O) groups is 1. The molecule has 0 aliphatic carbocycles. The predicted octanol–water partition coefficient (Wildman–Crippen LogP) is 8.09. The Hall–Kier alpha value is -2.99.